The molecule has 1 amide bonds. The van der Waals surface area contributed by atoms with E-state index in [1.165, 1.54) is 19.1 Å². The van der Waals surface area contributed by atoms with E-state index in [1.54, 1.807) is 12.1 Å². The second-order valence-electron chi connectivity index (χ2n) is 3.38. The van der Waals surface area contributed by atoms with Gasteiger partial charge in [0.2, 0.25) is 0 Å². The number of aryl methyl sites for hydroxylation is 1. The predicted octanol–water partition coefficient (Wildman–Crippen LogP) is 2.91. The average molecular weight is 231 g/mol. The Morgan fingerprint density at radius 3 is 2.12 bits per heavy atom. The van der Waals surface area contributed by atoms with Crippen LogP contribution >= 0.6 is 0 Å². The quantitative estimate of drug-likeness (QED) is 0.766. The van der Waals surface area contributed by atoms with E-state index in [4.69, 9.17) is 0 Å². The van der Waals surface area contributed by atoms with E-state index in [-0.39, 0.29) is 12.2 Å². The van der Waals surface area contributed by atoms with Crippen molar-refractivity contribution < 1.29 is 18.0 Å². The summed E-state index contributed by atoms with van der Waals surface area (Å²) in [6.45, 7) is 3.32. The van der Waals surface area contributed by atoms with Crippen molar-refractivity contribution in [3.8, 4) is 0 Å². The fourth-order valence-corrected chi connectivity index (χ4v) is 1.32. The van der Waals surface area contributed by atoms with Crippen LogP contribution in [0, 0.1) is 6.92 Å². The van der Waals surface area contributed by atoms with Gasteiger partial charge in [0, 0.05) is 12.2 Å². The SMILES string of the molecule is CCN(C(=O)C(F)(F)F)c1ccc(C)cc1. The first-order valence-electron chi connectivity index (χ1n) is 4.81. The molecule has 1 rings (SSSR count). The molecule has 0 aliphatic carbocycles. The summed E-state index contributed by atoms with van der Waals surface area (Å²) in [5, 5.41) is 0. The highest BCUT2D eigenvalue weighted by Crippen LogP contribution is 2.23. The average Bonchev–Trinajstić information content (AvgIpc) is 2.20. The van der Waals surface area contributed by atoms with Crippen LogP contribution in [0.4, 0.5) is 18.9 Å². The van der Waals surface area contributed by atoms with Gasteiger partial charge in [-0.1, -0.05) is 17.7 Å². The maximum Gasteiger partial charge on any atom is 0.471 e. The van der Waals surface area contributed by atoms with Gasteiger partial charge in [-0.2, -0.15) is 13.2 Å². The van der Waals surface area contributed by atoms with Gasteiger partial charge in [0.25, 0.3) is 0 Å². The monoisotopic (exact) mass is 231 g/mol. The molecule has 0 aliphatic heterocycles. The molecule has 0 saturated heterocycles. The molecule has 0 atom stereocenters. The normalized spacial score (nSPS) is 11.3. The summed E-state index contributed by atoms with van der Waals surface area (Å²) >= 11 is 0. The van der Waals surface area contributed by atoms with Crippen molar-refractivity contribution in [2.45, 2.75) is 20.0 Å². The molecule has 0 heterocycles. The highest BCUT2D eigenvalue weighted by Gasteiger charge is 2.42. The topological polar surface area (TPSA) is 20.3 Å². The maximum atomic E-state index is 12.3. The van der Waals surface area contributed by atoms with E-state index in [1.807, 2.05) is 6.92 Å². The molecule has 2 nitrogen and oxygen atoms in total. The Balaban J connectivity index is 2.99. The van der Waals surface area contributed by atoms with Crippen LogP contribution in [-0.4, -0.2) is 18.6 Å². The van der Waals surface area contributed by atoms with Gasteiger partial charge in [0.15, 0.2) is 0 Å². The van der Waals surface area contributed by atoms with E-state index in [0.717, 1.165) is 5.56 Å². The number of carbonyl (C=O) groups is 1. The molecule has 5 heteroatoms. The third kappa shape index (κ3) is 2.74. The predicted molar refractivity (Wildman–Crippen MR) is 55.3 cm³/mol. The lowest BCUT2D eigenvalue weighted by Gasteiger charge is -2.22. The van der Waals surface area contributed by atoms with Crippen LogP contribution < -0.4 is 4.90 Å². The zero-order valence-electron chi connectivity index (χ0n) is 9.01. The molecular weight excluding hydrogens is 219 g/mol. The number of amides is 1. The third-order valence-corrected chi connectivity index (χ3v) is 2.15. The van der Waals surface area contributed by atoms with Crippen molar-refractivity contribution in [3.05, 3.63) is 29.8 Å². The molecule has 0 radical (unpaired) electrons. The van der Waals surface area contributed by atoms with Crippen molar-refractivity contribution in [2.75, 3.05) is 11.4 Å². The molecule has 1 aromatic carbocycles. The minimum Gasteiger partial charge on any atom is -0.305 e. The van der Waals surface area contributed by atoms with Crippen LogP contribution in [0.5, 0.6) is 0 Å². The third-order valence-electron chi connectivity index (χ3n) is 2.15. The Bertz CT molecular complexity index is 370. The zero-order chi connectivity index (χ0) is 12.3. The van der Waals surface area contributed by atoms with E-state index in [2.05, 4.69) is 0 Å². The highest BCUT2D eigenvalue weighted by molar-refractivity contribution is 5.97. The molecule has 0 fully saturated rings. The fraction of sp³-hybridized carbons (Fsp3) is 0.364. The van der Waals surface area contributed by atoms with Crippen LogP contribution in [0.15, 0.2) is 24.3 Å². The first-order valence-corrected chi connectivity index (χ1v) is 4.81. The van der Waals surface area contributed by atoms with Crippen LogP contribution in [0.2, 0.25) is 0 Å². The lowest BCUT2D eigenvalue weighted by atomic mass is 10.2. The van der Waals surface area contributed by atoms with Crippen LogP contribution in [0.25, 0.3) is 0 Å². The van der Waals surface area contributed by atoms with Crippen LogP contribution in [-0.2, 0) is 4.79 Å². The Hall–Kier alpha value is -1.52. The summed E-state index contributed by atoms with van der Waals surface area (Å²) in [6.07, 6.45) is -4.83. The summed E-state index contributed by atoms with van der Waals surface area (Å²) in [6, 6.07) is 6.34. The fourth-order valence-electron chi connectivity index (χ4n) is 1.32. The molecule has 0 aromatic heterocycles. The van der Waals surface area contributed by atoms with Gasteiger partial charge in [-0.15, -0.1) is 0 Å². The number of hydrogen-bond acceptors (Lipinski definition) is 1. The molecule has 0 saturated carbocycles. The van der Waals surface area contributed by atoms with Gasteiger partial charge in [-0.25, -0.2) is 0 Å². The Kier molecular flexibility index (Phi) is 3.57. The minimum absolute atomic E-state index is 0.0125. The van der Waals surface area contributed by atoms with Crippen molar-refractivity contribution in [1.82, 2.24) is 0 Å². The molecule has 0 spiro atoms. The number of hydrogen-bond donors (Lipinski definition) is 0. The van der Waals surface area contributed by atoms with Crippen molar-refractivity contribution in [3.63, 3.8) is 0 Å². The maximum absolute atomic E-state index is 12.3. The van der Waals surface area contributed by atoms with Gasteiger partial charge in [0.1, 0.15) is 0 Å². The number of benzene rings is 1. The standard InChI is InChI=1S/C11H12F3NO/c1-3-15(10(16)11(12,13)14)9-6-4-8(2)5-7-9/h4-7H,3H2,1-2H3. The summed E-state index contributed by atoms with van der Waals surface area (Å²) in [4.78, 5) is 11.8. The Labute approximate surface area is 91.7 Å². The lowest BCUT2D eigenvalue weighted by molar-refractivity contribution is -0.170. The first kappa shape index (κ1) is 12.5. The number of carbonyl (C=O) groups excluding carboxylic acids is 1. The lowest BCUT2D eigenvalue weighted by Crippen LogP contribution is -2.41. The van der Waals surface area contributed by atoms with Crippen LogP contribution in [0.3, 0.4) is 0 Å². The molecule has 0 N–H and O–H groups in total. The smallest absolute Gasteiger partial charge is 0.305 e. The summed E-state index contributed by atoms with van der Waals surface area (Å²) in [5.74, 6) is -1.83. The Morgan fingerprint density at radius 2 is 1.75 bits per heavy atom. The molecule has 16 heavy (non-hydrogen) atoms. The minimum atomic E-state index is -4.83. The molecule has 1 aromatic rings. The molecule has 88 valence electrons. The second kappa shape index (κ2) is 4.55. The van der Waals surface area contributed by atoms with E-state index >= 15 is 0 Å². The number of halogens is 3. The van der Waals surface area contributed by atoms with Gasteiger partial charge < -0.3 is 4.90 Å². The number of alkyl halides is 3. The molecular formula is C11H12F3NO. The number of rotatable bonds is 2. The van der Waals surface area contributed by atoms with Crippen molar-refractivity contribution in [2.24, 2.45) is 0 Å². The van der Waals surface area contributed by atoms with Gasteiger partial charge in [0.05, 0.1) is 0 Å². The summed E-state index contributed by atoms with van der Waals surface area (Å²) in [7, 11) is 0. The zero-order valence-corrected chi connectivity index (χ0v) is 9.01. The van der Waals surface area contributed by atoms with Gasteiger partial charge in [-0.05, 0) is 26.0 Å². The largest absolute Gasteiger partial charge is 0.471 e. The molecule has 0 bridgehead atoms. The van der Waals surface area contributed by atoms with E-state index < -0.39 is 12.1 Å². The first-order chi connectivity index (χ1) is 7.36. The van der Waals surface area contributed by atoms with E-state index in [0.29, 0.717) is 4.90 Å². The van der Waals surface area contributed by atoms with Gasteiger partial charge in [-0.3, -0.25) is 4.79 Å². The van der Waals surface area contributed by atoms with Crippen molar-refractivity contribution in [1.29, 1.82) is 0 Å². The second-order valence-corrected chi connectivity index (χ2v) is 3.38. The van der Waals surface area contributed by atoms with Crippen LogP contribution in [0.1, 0.15) is 12.5 Å². The number of nitrogens with zero attached hydrogens (tertiary/aromatic N) is 1. The Morgan fingerprint density at radius 1 is 1.25 bits per heavy atom. The molecule has 0 aliphatic rings. The molecule has 0 unspecified atom stereocenters. The van der Waals surface area contributed by atoms with E-state index in [9.17, 15) is 18.0 Å². The summed E-state index contributed by atoms with van der Waals surface area (Å²) in [5.41, 5.74) is 1.19. The summed E-state index contributed by atoms with van der Waals surface area (Å²) < 4.78 is 36.8. The van der Waals surface area contributed by atoms with Gasteiger partial charge >= 0.3 is 12.1 Å². The number of anilines is 1. The van der Waals surface area contributed by atoms with Crippen molar-refractivity contribution >= 4 is 11.6 Å². The highest BCUT2D eigenvalue weighted by atomic mass is 19.4.